The monoisotopic (exact) mass is 401 g/mol. The van der Waals surface area contributed by atoms with Crippen LogP contribution in [0.4, 0.5) is 49.6 Å². The Labute approximate surface area is 136 Å². The number of anilines is 1. The van der Waals surface area contributed by atoms with Crippen molar-refractivity contribution in [1.82, 2.24) is 0 Å². The number of carbonyl (C=O) groups is 2. The first-order valence-corrected chi connectivity index (χ1v) is 6.03. The fourth-order valence-corrected chi connectivity index (χ4v) is 1.23. The minimum absolute atomic E-state index is 0.478. The van der Waals surface area contributed by atoms with Crippen molar-refractivity contribution in [1.29, 1.82) is 0 Å². The second-order valence-electron chi connectivity index (χ2n) is 4.51. The predicted octanol–water partition coefficient (Wildman–Crippen LogP) is 3.93. The number of hydrogen-bond donors (Lipinski definition) is 1. The largest absolute Gasteiger partial charge is 0.465 e. The van der Waals surface area contributed by atoms with Crippen LogP contribution in [0.1, 0.15) is 0 Å². The van der Waals surface area contributed by atoms with Gasteiger partial charge in [0, 0.05) is 5.69 Å². The summed E-state index contributed by atoms with van der Waals surface area (Å²) in [5.41, 5.74) is -0.707. The number of carbonyl (C=O) groups excluding carboxylic acids is 2. The minimum Gasteiger partial charge on any atom is -0.422 e. The van der Waals surface area contributed by atoms with Gasteiger partial charge in [0.25, 0.3) is 0 Å². The van der Waals surface area contributed by atoms with E-state index in [0.717, 1.165) is 5.32 Å². The maximum absolute atomic E-state index is 12.7. The van der Waals surface area contributed by atoms with Crippen molar-refractivity contribution in [3.8, 4) is 5.75 Å². The van der Waals surface area contributed by atoms with E-state index < -0.39 is 47.5 Å². The SMILES string of the molecule is O=C(Nc1ccc(OC(=O)C(F)(F)C(F)(F)F)cc1)C(F)(F)C(F)(F)F. The molecule has 0 saturated carbocycles. The number of benzene rings is 1. The zero-order chi connectivity index (χ0) is 20.6. The van der Waals surface area contributed by atoms with Crippen LogP contribution in [-0.4, -0.2) is 36.1 Å². The van der Waals surface area contributed by atoms with Gasteiger partial charge in [-0.25, -0.2) is 4.79 Å². The Morgan fingerprint density at radius 2 is 1.15 bits per heavy atom. The second kappa shape index (κ2) is 6.64. The molecule has 0 fully saturated rings. The van der Waals surface area contributed by atoms with E-state index in [1.54, 1.807) is 0 Å². The van der Waals surface area contributed by atoms with Crippen molar-refractivity contribution in [2.75, 3.05) is 5.32 Å². The molecule has 1 amide bonds. The number of esters is 1. The van der Waals surface area contributed by atoms with Gasteiger partial charge in [-0.15, -0.1) is 0 Å². The molecule has 0 heterocycles. The van der Waals surface area contributed by atoms with Gasteiger partial charge in [0.2, 0.25) is 0 Å². The molecule has 0 radical (unpaired) electrons. The first kappa shape index (κ1) is 21.5. The molecule has 0 aliphatic heterocycles. The Kier molecular flexibility index (Phi) is 5.49. The molecule has 0 saturated heterocycles. The van der Waals surface area contributed by atoms with Gasteiger partial charge in [0.15, 0.2) is 0 Å². The van der Waals surface area contributed by atoms with Crippen molar-refractivity contribution >= 4 is 17.6 Å². The molecule has 26 heavy (non-hydrogen) atoms. The Bertz CT molecular complexity index is 619. The van der Waals surface area contributed by atoms with Gasteiger partial charge in [0.1, 0.15) is 5.75 Å². The summed E-state index contributed by atoms with van der Waals surface area (Å²) in [4.78, 5) is 21.7. The van der Waals surface area contributed by atoms with Crippen molar-refractivity contribution in [2.45, 2.75) is 24.2 Å². The summed E-state index contributed by atoms with van der Waals surface area (Å²) in [6.07, 6.45) is -12.4. The molecular weight excluding hydrogens is 396 g/mol. The average molecular weight is 401 g/mol. The molecular formula is C12H5F10NO3. The van der Waals surface area contributed by atoms with Crippen LogP contribution in [0.25, 0.3) is 0 Å². The van der Waals surface area contributed by atoms with E-state index in [0.29, 0.717) is 24.3 Å². The first-order valence-electron chi connectivity index (χ1n) is 6.03. The second-order valence-corrected chi connectivity index (χ2v) is 4.51. The molecule has 0 aromatic heterocycles. The van der Waals surface area contributed by atoms with Crippen LogP contribution in [0.15, 0.2) is 24.3 Å². The van der Waals surface area contributed by atoms with Crippen LogP contribution in [0.3, 0.4) is 0 Å². The molecule has 1 aromatic rings. The third-order valence-corrected chi connectivity index (χ3v) is 2.58. The lowest BCUT2D eigenvalue weighted by molar-refractivity contribution is -0.276. The molecule has 0 aliphatic rings. The predicted molar refractivity (Wildman–Crippen MR) is 62.7 cm³/mol. The lowest BCUT2D eigenvalue weighted by atomic mass is 10.2. The van der Waals surface area contributed by atoms with Gasteiger partial charge in [-0.3, -0.25) is 4.79 Å². The molecule has 1 N–H and O–H groups in total. The number of ether oxygens (including phenoxy) is 1. The standard InChI is InChI=1S/C12H5F10NO3/c13-9(14,11(17,18)19)7(24)23-5-1-3-6(4-2-5)26-8(25)10(15,16)12(20,21)22/h1-4H,(H,23,24). The molecule has 0 bridgehead atoms. The molecule has 0 aliphatic carbocycles. The first-order chi connectivity index (χ1) is 11.5. The summed E-state index contributed by atoms with van der Waals surface area (Å²) in [7, 11) is 0. The third-order valence-electron chi connectivity index (χ3n) is 2.58. The number of nitrogens with one attached hydrogen (secondary N) is 1. The fourth-order valence-electron chi connectivity index (χ4n) is 1.23. The Balaban J connectivity index is 2.85. The summed E-state index contributed by atoms with van der Waals surface area (Å²) in [5.74, 6) is -18.3. The quantitative estimate of drug-likeness (QED) is 0.473. The summed E-state index contributed by atoms with van der Waals surface area (Å²) in [6, 6.07) is 2.01. The molecule has 14 heteroatoms. The van der Waals surface area contributed by atoms with Crippen molar-refractivity contribution in [3.63, 3.8) is 0 Å². The van der Waals surface area contributed by atoms with Crippen molar-refractivity contribution in [3.05, 3.63) is 24.3 Å². The summed E-state index contributed by atoms with van der Waals surface area (Å²) in [5, 5.41) is 1.15. The average Bonchev–Trinajstić information content (AvgIpc) is 2.46. The minimum atomic E-state index is -6.23. The maximum Gasteiger partial charge on any atom is 0.465 e. The Hall–Kier alpha value is -2.54. The zero-order valence-corrected chi connectivity index (χ0v) is 11.8. The summed E-state index contributed by atoms with van der Waals surface area (Å²) in [6.45, 7) is 0. The topological polar surface area (TPSA) is 55.4 Å². The lowest BCUT2D eigenvalue weighted by Crippen LogP contribution is -2.47. The number of halogens is 10. The molecule has 146 valence electrons. The highest BCUT2D eigenvalue weighted by Gasteiger charge is 2.65. The van der Waals surface area contributed by atoms with Crippen molar-refractivity contribution in [2.24, 2.45) is 0 Å². The number of hydrogen-bond acceptors (Lipinski definition) is 3. The molecule has 4 nitrogen and oxygen atoms in total. The summed E-state index contributed by atoms with van der Waals surface area (Å²) < 4.78 is 126. The molecule has 0 atom stereocenters. The van der Waals surface area contributed by atoms with E-state index in [-0.39, 0.29) is 0 Å². The normalized spacial score (nSPS) is 13.3. The highest BCUT2D eigenvalue weighted by molar-refractivity contribution is 5.96. The van der Waals surface area contributed by atoms with Gasteiger partial charge < -0.3 is 10.1 Å². The Morgan fingerprint density at radius 3 is 1.54 bits per heavy atom. The van der Waals surface area contributed by atoms with E-state index in [9.17, 15) is 53.5 Å². The maximum atomic E-state index is 12.7. The molecule has 0 spiro atoms. The van der Waals surface area contributed by atoms with Gasteiger partial charge in [-0.05, 0) is 24.3 Å². The van der Waals surface area contributed by atoms with Crippen LogP contribution in [0.2, 0.25) is 0 Å². The molecule has 0 unspecified atom stereocenters. The van der Waals surface area contributed by atoms with E-state index in [1.807, 2.05) is 0 Å². The van der Waals surface area contributed by atoms with Crippen LogP contribution < -0.4 is 10.1 Å². The summed E-state index contributed by atoms with van der Waals surface area (Å²) >= 11 is 0. The van der Waals surface area contributed by atoms with Crippen LogP contribution >= 0.6 is 0 Å². The van der Waals surface area contributed by atoms with Crippen LogP contribution in [0.5, 0.6) is 5.75 Å². The van der Waals surface area contributed by atoms with E-state index in [2.05, 4.69) is 4.74 Å². The van der Waals surface area contributed by atoms with E-state index in [1.165, 1.54) is 0 Å². The van der Waals surface area contributed by atoms with Gasteiger partial charge in [-0.1, -0.05) is 0 Å². The Morgan fingerprint density at radius 1 is 0.731 bits per heavy atom. The molecule has 1 aromatic carbocycles. The van der Waals surface area contributed by atoms with Gasteiger partial charge >= 0.3 is 36.1 Å². The van der Waals surface area contributed by atoms with Gasteiger partial charge in [0.05, 0.1) is 0 Å². The highest BCUT2D eigenvalue weighted by atomic mass is 19.4. The number of alkyl halides is 10. The highest BCUT2D eigenvalue weighted by Crippen LogP contribution is 2.37. The van der Waals surface area contributed by atoms with Crippen LogP contribution in [0, 0.1) is 0 Å². The van der Waals surface area contributed by atoms with Gasteiger partial charge in [-0.2, -0.15) is 43.9 Å². The third kappa shape index (κ3) is 4.35. The van der Waals surface area contributed by atoms with Crippen molar-refractivity contribution < 1.29 is 58.2 Å². The lowest BCUT2D eigenvalue weighted by Gasteiger charge is -2.19. The van der Waals surface area contributed by atoms with E-state index in [4.69, 9.17) is 0 Å². The number of rotatable bonds is 4. The van der Waals surface area contributed by atoms with E-state index >= 15 is 0 Å². The number of amides is 1. The smallest absolute Gasteiger partial charge is 0.422 e. The van der Waals surface area contributed by atoms with Crippen LogP contribution in [-0.2, 0) is 9.59 Å². The fraction of sp³-hybridized carbons (Fsp3) is 0.333. The zero-order valence-electron chi connectivity index (χ0n) is 11.8. The molecule has 1 rings (SSSR count).